The van der Waals surface area contributed by atoms with Crippen LogP contribution in [0.25, 0.3) is 0 Å². The number of aryl methyl sites for hydroxylation is 1. The Labute approximate surface area is 196 Å². The van der Waals surface area contributed by atoms with Gasteiger partial charge in [0.05, 0.1) is 19.3 Å². The molecule has 1 unspecified atom stereocenters. The predicted molar refractivity (Wildman–Crippen MR) is 131 cm³/mol. The Kier molecular flexibility index (Phi) is 10.0. The fourth-order valence-corrected chi connectivity index (χ4v) is 3.33. The number of hydrogen-bond donors (Lipinski definition) is 2. The maximum absolute atomic E-state index is 13.8. The van der Waals surface area contributed by atoms with E-state index >= 15 is 0 Å². The zero-order valence-electron chi connectivity index (χ0n) is 18.0. The van der Waals surface area contributed by atoms with Gasteiger partial charge in [0.25, 0.3) is 0 Å². The molecule has 0 spiro atoms. The van der Waals surface area contributed by atoms with Gasteiger partial charge in [-0.1, -0.05) is 36.4 Å². The van der Waals surface area contributed by atoms with E-state index in [0.717, 1.165) is 38.4 Å². The predicted octanol–water partition coefficient (Wildman–Crippen LogP) is 4.01. The molecule has 164 valence electrons. The molecule has 0 aromatic heterocycles. The topological polar surface area (TPSA) is 48.9 Å². The highest BCUT2D eigenvalue weighted by atomic mass is 127. The quantitative estimate of drug-likeness (QED) is 0.340. The molecular formula is C23H32FIN4O. The lowest BCUT2D eigenvalue weighted by molar-refractivity contribution is 0.0342. The molecule has 0 saturated carbocycles. The fraction of sp³-hybridized carbons (Fsp3) is 0.435. The molecule has 1 aliphatic heterocycles. The van der Waals surface area contributed by atoms with Crippen LogP contribution in [0.15, 0.2) is 47.5 Å². The second-order valence-corrected chi connectivity index (χ2v) is 7.51. The third-order valence-corrected chi connectivity index (χ3v) is 5.27. The minimum atomic E-state index is -0.184. The molecule has 30 heavy (non-hydrogen) atoms. The molecule has 2 N–H and O–H groups in total. The van der Waals surface area contributed by atoms with E-state index < -0.39 is 0 Å². The molecule has 3 rings (SSSR count). The van der Waals surface area contributed by atoms with E-state index in [1.807, 2.05) is 13.0 Å². The van der Waals surface area contributed by atoms with E-state index in [9.17, 15) is 4.39 Å². The number of morpholine rings is 1. The molecule has 2 aromatic carbocycles. The van der Waals surface area contributed by atoms with Crippen LogP contribution in [0.1, 0.15) is 35.2 Å². The van der Waals surface area contributed by atoms with Crippen LogP contribution in [0.3, 0.4) is 0 Å². The summed E-state index contributed by atoms with van der Waals surface area (Å²) in [6, 6.07) is 13.9. The average molecular weight is 526 g/mol. The summed E-state index contributed by atoms with van der Waals surface area (Å²) < 4.78 is 19.2. The first-order valence-electron chi connectivity index (χ1n) is 10.2. The number of rotatable bonds is 6. The van der Waals surface area contributed by atoms with Gasteiger partial charge in [-0.3, -0.25) is 9.89 Å². The molecule has 2 aromatic rings. The Morgan fingerprint density at radius 3 is 2.43 bits per heavy atom. The van der Waals surface area contributed by atoms with Crippen molar-refractivity contribution in [2.45, 2.75) is 33.0 Å². The normalized spacial score (nSPS) is 15.9. The van der Waals surface area contributed by atoms with Gasteiger partial charge in [-0.15, -0.1) is 24.0 Å². The number of halogens is 2. The summed E-state index contributed by atoms with van der Waals surface area (Å²) in [4.78, 5) is 6.70. The van der Waals surface area contributed by atoms with Gasteiger partial charge >= 0.3 is 0 Å². The summed E-state index contributed by atoms with van der Waals surface area (Å²) in [5.41, 5.74) is 4.05. The van der Waals surface area contributed by atoms with E-state index in [1.165, 1.54) is 11.1 Å². The summed E-state index contributed by atoms with van der Waals surface area (Å²) in [6.45, 7) is 9.03. The summed E-state index contributed by atoms with van der Waals surface area (Å²) in [5.74, 6) is 0.507. The van der Waals surface area contributed by atoms with Crippen molar-refractivity contribution in [1.29, 1.82) is 0 Å². The molecule has 5 nitrogen and oxygen atoms in total. The number of ether oxygens (including phenoxy) is 1. The lowest BCUT2D eigenvalue weighted by Gasteiger charge is -2.26. The molecule has 1 fully saturated rings. The third kappa shape index (κ3) is 7.21. The minimum absolute atomic E-state index is 0. The number of aliphatic imine (C=N–C) groups is 1. The standard InChI is InChI=1S/C23H31FN4O.HI/c1-17-4-9-21(14-22(17)24)18(2)27-23(25-3)26-15-19-5-7-20(8-6-19)16-28-10-12-29-13-11-28;/h4-9,14,18H,10-13,15-16H2,1-3H3,(H2,25,26,27);1H. The van der Waals surface area contributed by atoms with E-state index in [0.29, 0.717) is 18.1 Å². The first kappa shape index (κ1) is 24.6. The SMILES string of the molecule is CN=C(NCc1ccc(CN2CCOCC2)cc1)NC(C)c1ccc(C)c(F)c1.I. The van der Waals surface area contributed by atoms with Crippen molar-refractivity contribution < 1.29 is 9.13 Å². The highest BCUT2D eigenvalue weighted by Crippen LogP contribution is 2.16. The van der Waals surface area contributed by atoms with Gasteiger partial charge < -0.3 is 15.4 Å². The van der Waals surface area contributed by atoms with Crippen LogP contribution >= 0.6 is 24.0 Å². The van der Waals surface area contributed by atoms with Gasteiger partial charge in [-0.2, -0.15) is 0 Å². The Morgan fingerprint density at radius 1 is 1.13 bits per heavy atom. The lowest BCUT2D eigenvalue weighted by atomic mass is 10.1. The van der Waals surface area contributed by atoms with E-state index in [1.54, 1.807) is 26.1 Å². The van der Waals surface area contributed by atoms with E-state index in [-0.39, 0.29) is 35.8 Å². The number of nitrogens with one attached hydrogen (secondary N) is 2. The highest BCUT2D eigenvalue weighted by molar-refractivity contribution is 14.0. The highest BCUT2D eigenvalue weighted by Gasteiger charge is 2.11. The molecule has 0 aliphatic carbocycles. The molecule has 0 amide bonds. The zero-order valence-corrected chi connectivity index (χ0v) is 20.3. The molecule has 1 saturated heterocycles. The molecule has 0 radical (unpaired) electrons. The van der Waals surface area contributed by atoms with Crippen LogP contribution < -0.4 is 10.6 Å². The number of guanidine groups is 1. The largest absolute Gasteiger partial charge is 0.379 e. The molecule has 1 heterocycles. The van der Waals surface area contributed by atoms with Gasteiger partial charge in [0.15, 0.2) is 5.96 Å². The first-order chi connectivity index (χ1) is 14.0. The van der Waals surface area contributed by atoms with Crippen LogP contribution in [0.2, 0.25) is 0 Å². The Morgan fingerprint density at radius 2 is 1.80 bits per heavy atom. The van der Waals surface area contributed by atoms with Crippen LogP contribution in [0.5, 0.6) is 0 Å². The number of nitrogens with zero attached hydrogens (tertiary/aromatic N) is 2. The second-order valence-electron chi connectivity index (χ2n) is 7.51. The number of hydrogen-bond acceptors (Lipinski definition) is 3. The van der Waals surface area contributed by atoms with Crippen molar-refractivity contribution in [3.63, 3.8) is 0 Å². The van der Waals surface area contributed by atoms with E-state index in [2.05, 4.69) is 44.8 Å². The molecule has 1 aliphatic rings. The summed E-state index contributed by atoms with van der Waals surface area (Å²) in [5, 5.41) is 6.65. The monoisotopic (exact) mass is 526 g/mol. The van der Waals surface area contributed by atoms with Crippen molar-refractivity contribution in [3.05, 3.63) is 70.5 Å². The fourth-order valence-electron chi connectivity index (χ4n) is 3.33. The average Bonchev–Trinajstić information content (AvgIpc) is 2.74. The van der Waals surface area contributed by atoms with Gasteiger partial charge in [0, 0.05) is 33.2 Å². The summed E-state index contributed by atoms with van der Waals surface area (Å²) >= 11 is 0. The van der Waals surface area contributed by atoms with Crippen molar-refractivity contribution in [3.8, 4) is 0 Å². The van der Waals surface area contributed by atoms with Crippen molar-refractivity contribution >= 4 is 29.9 Å². The van der Waals surface area contributed by atoms with E-state index in [4.69, 9.17) is 4.74 Å². The van der Waals surface area contributed by atoms with Crippen LogP contribution in [-0.4, -0.2) is 44.2 Å². The first-order valence-corrected chi connectivity index (χ1v) is 10.2. The van der Waals surface area contributed by atoms with Crippen LogP contribution in [0, 0.1) is 12.7 Å². The van der Waals surface area contributed by atoms with Crippen LogP contribution in [0.4, 0.5) is 4.39 Å². The van der Waals surface area contributed by atoms with Crippen molar-refractivity contribution in [2.75, 3.05) is 33.4 Å². The van der Waals surface area contributed by atoms with Crippen LogP contribution in [-0.2, 0) is 17.8 Å². The zero-order chi connectivity index (χ0) is 20.6. The van der Waals surface area contributed by atoms with Gasteiger partial charge in [0.2, 0.25) is 0 Å². The van der Waals surface area contributed by atoms with Gasteiger partial charge in [0.1, 0.15) is 5.82 Å². The summed E-state index contributed by atoms with van der Waals surface area (Å²) in [6.07, 6.45) is 0. The summed E-state index contributed by atoms with van der Waals surface area (Å²) in [7, 11) is 1.74. The maximum Gasteiger partial charge on any atom is 0.191 e. The Balaban J connectivity index is 0.00000320. The van der Waals surface area contributed by atoms with Crippen molar-refractivity contribution in [2.24, 2.45) is 4.99 Å². The second kappa shape index (κ2) is 12.2. The molecule has 0 bridgehead atoms. The molecule has 1 atom stereocenters. The Hall–Kier alpha value is -1.71. The van der Waals surface area contributed by atoms with Gasteiger partial charge in [-0.25, -0.2) is 4.39 Å². The maximum atomic E-state index is 13.8. The molecular weight excluding hydrogens is 494 g/mol. The molecule has 7 heteroatoms. The lowest BCUT2D eigenvalue weighted by Crippen LogP contribution is -2.38. The smallest absolute Gasteiger partial charge is 0.191 e. The minimum Gasteiger partial charge on any atom is -0.379 e. The number of benzene rings is 2. The van der Waals surface area contributed by atoms with Gasteiger partial charge in [-0.05, 0) is 42.2 Å². The van der Waals surface area contributed by atoms with Crippen molar-refractivity contribution in [1.82, 2.24) is 15.5 Å². The third-order valence-electron chi connectivity index (χ3n) is 5.27. The Bertz CT molecular complexity index is 822.